The minimum Gasteiger partial charge on any atom is -0.387 e. The van der Waals surface area contributed by atoms with Gasteiger partial charge >= 0.3 is 0 Å². The van der Waals surface area contributed by atoms with Crippen LogP contribution in [0.5, 0.6) is 0 Å². The average Bonchev–Trinajstić information content (AvgIpc) is 2.96. The zero-order chi connectivity index (χ0) is 31.9. The molecule has 0 aromatic heterocycles. The zero-order valence-electron chi connectivity index (χ0n) is 27.6. The van der Waals surface area contributed by atoms with E-state index in [9.17, 15) is 22.9 Å². The summed E-state index contributed by atoms with van der Waals surface area (Å²) in [6, 6.07) is -1.07. The molecule has 0 aromatic rings. The fourth-order valence-electron chi connectivity index (χ4n) is 4.85. The van der Waals surface area contributed by atoms with Crippen LogP contribution in [0.15, 0.2) is 48.6 Å². The lowest BCUT2D eigenvalue weighted by atomic mass is 10.1. The highest BCUT2D eigenvalue weighted by atomic mass is 32.2. The number of amides is 1. The molecule has 0 aromatic carbocycles. The van der Waals surface area contributed by atoms with Gasteiger partial charge in [0.2, 0.25) is 5.91 Å². The van der Waals surface area contributed by atoms with Gasteiger partial charge in [0.25, 0.3) is 10.1 Å². The third kappa shape index (κ3) is 31.5. The van der Waals surface area contributed by atoms with E-state index in [0.29, 0.717) is 6.42 Å². The van der Waals surface area contributed by atoms with E-state index in [-0.39, 0.29) is 12.3 Å². The van der Waals surface area contributed by atoms with Crippen LogP contribution < -0.4 is 5.32 Å². The highest BCUT2D eigenvalue weighted by Crippen LogP contribution is 2.12. The number of rotatable bonds is 30. The van der Waals surface area contributed by atoms with Gasteiger partial charge in [-0.2, -0.15) is 8.42 Å². The number of nitrogens with one attached hydrogen (secondary N) is 1. The first kappa shape index (κ1) is 41.3. The maximum atomic E-state index is 12.4. The first-order valence-corrected chi connectivity index (χ1v) is 18.9. The summed E-state index contributed by atoms with van der Waals surface area (Å²) >= 11 is 0. The van der Waals surface area contributed by atoms with Crippen molar-refractivity contribution in [2.24, 2.45) is 0 Å². The van der Waals surface area contributed by atoms with E-state index in [1.165, 1.54) is 89.5 Å². The van der Waals surface area contributed by atoms with Gasteiger partial charge < -0.3 is 10.4 Å². The van der Waals surface area contributed by atoms with Gasteiger partial charge in [0.05, 0.1) is 17.9 Å². The predicted molar refractivity (Wildman–Crippen MR) is 184 cm³/mol. The summed E-state index contributed by atoms with van der Waals surface area (Å²) in [6.07, 6.45) is 39.6. The van der Waals surface area contributed by atoms with Gasteiger partial charge in [0.1, 0.15) is 0 Å². The molecule has 6 nitrogen and oxygen atoms in total. The number of unbranched alkanes of at least 4 members (excludes halogenated alkanes) is 16. The zero-order valence-corrected chi connectivity index (χ0v) is 28.4. The van der Waals surface area contributed by atoms with E-state index >= 15 is 0 Å². The molecular weight excluding hydrogens is 558 g/mol. The standard InChI is InChI=1S/C36H65NO5S/c1-3-5-7-9-11-13-14-15-16-17-18-19-20-21-22-24-26-28-30-32-36(39)37-34(33-43(40,41)42)35(38)31-29-27-25-23-12-10-8-6-4-2/h11-13,15-16,23,29,31,34-35,38H,3-10,14,17-22,24-28,30,32-33H2,1-2H3,(H,37,39)(H,40,41,42)/b13-11-,16-15-,23-12+,31-29+. The van der Waals surface area contributed by atoms with Crippen molar-refractivity contribution in [3.05, 3.63) is 48.6 Å². The maximum Gasteiger partial charge on any atom is 0.267 e. The van der Waals surface area contributed by atoms with Crippen LogP contribution in [-0.2, 0) is 14.9 Å². The Hall–Kier alpha value is -1.70. The molecule has 43 heavy (non-hydrogen) atoms. The molecule has 0 radical (unpaired) electrons. The highest BCUT2D eigenvalue weighted by molar-refractivity contribution is 7.85. The minimum absolute atomic E-state index is 0.281. The lowest BCUT2D eigenvalue weighted by Crippen LogP contribution is -2.46. The number of allylic oxidation sites excluding steroid dienone is 7. The van der Waals surface area contributed by atoms with Crippen molar-refractivity contribution in [3.8, 4) is 0 Å². The van der Waals surface area contributed by atoms with Crippen LogP contribution in [-0.4, -0.2) is 41.9 Å². The molecule has 7 heteroatoms. The molecule has 0 spiro atoms. The van der Waals surface area contributed by atoms with Crippen LogP contribution in [0.4, 0.5) is 0 Å². The predicted octanol–water partition coefficient (Wildman–Crippen LogP) is 9.57. The van der Waals surface area contributed by atoms with Crippen LogP contribution in [0.25, 0.3) is 0 Å². The van der Waals surface area contributed by atoms with E-state index < -0.39 is 28.0 Å². The monoisotopic (exact) mass is 623 g/mol. The molecule has 0 aliphatic rings. The van der Waals surface area contributed by atoms with Crippen molar-refractivity contribution in [1.82, 2.24) is 5.32 Å². The average molecular weight is 624 g/mol. The maximum absolute atomic E-state index is 12.4. The van der Waals surface area contributed by atoms with Gasteiger partial charge in [0.15, 0.2) is 0 Å². The Bertz CT molecular complexity index is 863. The molecule has 250 valence electrons. The third-order valence-electron chi connectivity index (χ3n) is 7.48. The number of aliphatic hydroxyl groups excluding tert-OH is 1. The van der Waals surface area contributed by atoms with Crippen molar-refractivity contribution in [3.63, 3.8) is 0 Å². The first-order chi connectivity index (χ1) is 20.8. The number of carbonyl (C=O) groups excluding carboxylic acids is 1. The Morgan fingerprint density at radius 3 is 1.60 bits per heavy atom. The number of aliphatic hydroxyl groups is 1. The van der Waals surface area contributed by atoms with Crippen LogP contribution >= 0.6 is 0 Å². The summed E-state index contributed by atoms with van der Waals surface area (Å²) in [5.41, 5.74) is 0. The Kier molecular flexibility index (Phi) is 29.1. The van der Waals surface area contributed by atoms with Crippen molar-refractivity contribution >= 4 is 16.0 Å². The summed E-state index contributed by atoms with van der Waals surface area (Å²) in [7, 11) is -4.34. The van der Waals surface area contributed by atoms with E-state index in [2.05, 4.69) is 55.6 Å². The van der Waals surface area contributed by atoms with Gasteiger partial charge in [-0.25, -0.2) is 0 Å². The van der Waals surface area contributed by atoms with Crippen molar-refractivity contribution < 1.29 is 22.9 Å². The Morgan fingerprint density at radius 2 is 1.07 bits per heavy atom. The smallest absolute Gasteiger partial charge is 0.267 e. The lowest BCUT2D eigenvalue weighted by Gasteiger charge is -2.21. The molecule has 2 unspecified atom stereocenters. The number of carbonyl (C=O) groups is 1. The molecule has 2 atom stereocenters. The number of hydrogen-bond acceptors (Lipinski definition) is 4. The molecule has 0 fully saturated rings. The molecule has 0 rings (SSSR count). The second-order valence-electron chi connectivity index (χ2n) is 11.8. The van der Waals surface area contributed by atoms with Crippen LogP contribution in [0, 0.1) is 0 Å². The summed E-state index contributed by atoms with van der Waals surface area (Å²) in [6.45, 7) is 4.42. The molecule has 0 saturated heterocycles. The molecule has 0 aliphatic carbocycles. The second kappa shape index (κ2) is 30.3. The van der Waals surface area contributed by atoms with Crippen LogP contribution in [0.3, 0.4) is 0 Å². The number of hydrogen-bond donors (Lipinski definition) is 3. The lowest BCUT2D eigenvalue weighted by molar-refractivity contribution is -0.122. The van der Waals surface area contributed by atoms with Crippen molar-refractivity contribution in [1.29, 1.82) is 0 Å². The molecular formula is C36H65NO5S. The van der Waals surface area contributed by atoms with E-state index in [1.54, 1.807) is 6.08 Å². The van der Waals surface area contributed by atoms with Gasteiger partial charge in [0, 0.05) is 6.42 Å². The quantitative estimate of drug-likeness (QED) is 0.0420. The normalized spacial score (nSPS) is 14.0. The fourth-order valence-corrected chi connectivity index (χ4v) is 5.58. The van der Waals surface area contributed by atoms with Gasteiger partial charge in [-0.15, -0.1) is 0 Å². The van der Waals surface area contributed by atoms with Crippen LogP contribution in [0.2, 0.25) is 0 Å². The molecule has 0 saturated carbocycles. The molecule has 1 amide bonds. The summed E-state index contributed by atoms with van der Waals surface area (Å²) < 4.78 is 32.2. The van der Waals surface area contributed by atoms with Gasteiger partial charge in [-0.1, -0.05) is 133 Å². The van der Waals surface area contributed by atoms with E-state index in [4.69, 9.17) is 0 Å². The van der Waals surface area contributed by atoms with Crippen molar-refractivity contribution in [2.75, 3.05) is 5.75 Å². The summed E-state index contributed by atoms with van der Waals surface area (Å²) in [4.78, 5) is 12.4. The Labute approximate surface area is 265 Å². The summed E-state index contributed by atoms with van der Waals surface area (Å²) in [5.74, 6) is -1.01. The van der Waals surface area contributed by atoms with Crippen molar-refractivity contribution in [2.45, 2.75) is 167 Å². The first-order valence-electron chi connectivity index (χ1n) is 17.3. The summed E-state index contributed by atoms with van der Waals surface area (Å²) in [5, 5.41) is 13.1. The van der Waals surface area contributed by atoms with Gasteiger partial charge in [-0.3, -0.25) is 9.35 Å². The second-order valence-corrected chi connectivity index (χ2v) is 13.3. The largest absolute Gasteiger partial charge is 0.387 e. The molecule has 3 N–H and O–H groups in total. The topological polar surface area (TPSA) is 104 Å². The molecule has 0 aliphatic heterocycles. The third-order valence-corrected chi connectivity index (χ3v) is 8.26. The highest BCUT2D eigenvalue weighted by Gasteiger charge is 2.24. The minimum atomic E-state index is -4.34. The van der Waals surface area contributed by atoms with Crippen LogP contribution in [0.1, 0.15) is 155 Å². The SMILES string of the molecule is CCCCC/C=C\C/C=C\CCCCCCCCCCCC(=O)NC(CS(=O)(=O)O)C(O)/C=C/CC/C=C/CCCCC. The molecule has 0 bridgehead atoms. The van der Waals surface area contributed by atoms with E-state index in [0.717, 1.165) is 44.9 Å². The van der Waals surface area contributed by atoms with E-state index in [1.807, 2.05) is 0 Å². The van der Waals surface area contributed by atoms with Gasteiger partial charge in [-0.05, 0) is 64.2 Å². The molecule has 0 heterocycles. The Balaban J connectivity index is 3.96. The Morgan fingerprint density at radius 1 is 0.628 bits per heavy atom. The fraction of sp³-hybridized carbons (Fsp3) is 0.750.